The largest absolute Gasteiger partial charge is 0.445 e. The van der Waals surface area contributed by atoms with Crippen LogP contribution in [0.1, 0.15) is 59.4 Å². The Morgan fingerprint density at radius 1 is 1.10 bits per heavy atom. The Bertz CT molecular complexity index is 560. The number of Topliss-reactive ketones (excluding diaryl/α,β-unsaturated/α-hetero) is 2. The molecule has 0 spiro atoms. The van der Waals surface area contributed by atoms with Gasteiger partial charge in [-0.3, -0.25) is 14.4 Å². The zero-order valence-electron chi connectivity index (χ0n) is 11.8. The molecule has 1 aromatic carbocycles. The lowest BCUT2D eigenvalue weighted by Gasteiger charge is -2.08. The van der Waals surface area contributed by atoms with E-state index in [1.165, 1.54) is 0 Å². The Morgan fingerprint density at radius 3 is 2.45 bits per heavy atom. The number of rotatable bonds is 5. The van der Waals surface area contributed by atoms with Crippen LogP contribution in [0.5, 0.6) is 0 Å². The molecule has 106 valence electrons. The summed E-state index contributed by atoms with van der Waals surface area (Å²) in [5.41, 5.74) is 1.77. The third-order valence-electron chi connectivity index (χ3n) is 3.33. The minimum Gasteiger partial charge on any atom is -0.445 e. The van der Waals surface area contributed by atoms with E-state index in [1.54, 1.807) is 12.1 Å². The molecule has 1 aliphatic carbocycles. The van der Waals surface area contributed by atoms with Crippen LogP contribution in [0.3, 0.4) is 0 Å². The number of carbonyl (C=O) groups excluding carboxylic acids is 3. The minimum atomic E-state index is -1.28. The average molecular weight is 274 g/mol. The van der Waals surface area contributed by atoms with Gasteiger partial charge in [-0.25, -0.2) is 0 Å². The summed E-state index contributed by atoms with van der Waals surface area (Å²) in [4.78, 5) is 35.8. The first-order chi connectivity index (χ1) is 9.58. The average Bonchev–Trinajstić information content (AvgIpc) is 2.65. The maximum absolute atomic E-state index is 12.2. The molecule has 0 fully saturated rings. The molecule has 2 rings (SSSR count). The summed E-state index contributed by atoms with van der Waals surface area (Å²) in [6, 6.07) is 5.25. The molecular formula is C16H18O4. The second-order valence-corrected chi connectivity index (χ2v) is 4.98. The highest BCUT2D eigenvalue weighted by Gasteiger charge is 2.41. The van der Waals surface area contributed by atoms with Crippen molar-refractivity contribution in [2.45, 2.75) is 45.6 Å². The number of hydrogen-bond donors (Lipinski definition) is 0. The maximum atomic E-state index is 12.2. The van der Waals surface area contributed by atoms with E-state index in [0.29, 0.717) is 17.5 Å². The van der Waals surface area contributed by atoms with Crippen molar-refractivity contribution in [1.29, 1.82) is 0 Å². The predicted octanol–water partition coefficient (Wildman–Crippen LogP) is 2.73. The highest BCUT2D eigenvalue weighted by Crippen LogP contribution is 2.26. The SMILES string of the molecule is CCCC(=O)OC1C(=O)c2ccc(CCC)cc2C1=O. The quantitative estimate of drug-likeness (QED) is 0.612. The van der Waals surface area contributed by atoms with Gasteiger partial charge < -0.3 is 4.74 Å². The molecule has 0 amide bonds. The fraction of sp³-hybridized carbons (Fsp3) is 0.438. The van der Waals surface area contributed by atoms with Gasteiger partial charge >= 0.3 is 5.97 Å². The molecule has 0 N–H and O–H groups in total. The van der Waals surface area contributed by atoms with Gasteiger partial charge in [0.2, 0.25) is 17.7 Å². The van der Waals surface area contributed by atoms with Crippen molar-refractivity contribution in [3.8, 4) is 0 Å². The molecule has 0 bridgehead atoms. The third-order valence-corrected chi connectivity index (χ3v) is 3.33. The second kappa shape index (κ2) is 5.99. The summed E-state index contributed by atoms with van der Waals surface area (Å²) in [6.45, 7) is 3.89. The Hall–Kier alpha value is -1.97. The number of aryl methyl sites for hydroxylation is 1. The van der Waals surface area contributed by atoms with Crippen molar-refractivity contribution in [3.63, 3.8) is 0 Å². The van der Waals surface area contributed by atoms with E-state index < -0.39 is 23.6 Å². The Morgan fingerprint density at radius 2 is 1.80 bits per heavy atom. The van der Waals surface area contributed by atoms with Gasteiger partial charge in [0.1, 0.15) is 0 Å². The normalized spacial score (nSPS) is 17.2. The standard InChI is InChI=1S/C16H18O4/c1-3-5-10-7-8-11-12(9-10)15(19)16(14(11)18)20-13(17)6-4-2/h7-9,16H,3-6H2,1-2H3. The molecular weight excluding hydrogens is 256 g/mol. The second-order valence-electron chi connectivity index (χ2n) is 4.98. The lowest BCUT2D eigenvalue weighted by molar-refractivity contribution is -0.145. The number of ketones is 2. The Kier molecular flexibility index (Phi) is 4.32. The summed E-state index contributed by atoms with van der Waals surface area (Å²) in [5, 5.41) is 0. The van der Waals surface area contributed by atoms with Crippen LogP contribution in [0.15, 0.2) is 18.2 Å². The highest BCUT2D eigenvalue weighted by molar-refractivity contribution is 6.29. The third kappa shape index (κ3) is 2.64. The number of hydrogen-bond acceptors (Lipinski definition) is 4. The number of ether oxygens (including phenoxy) is 1. The molecule has 4 heteroatoms. The van der Waals surface area contributed by atoms with Gasteiger partial charge in [-0.15, -0.1) is 0 Å². The van der Waals surface area contributed by atoms with E-state index in [4.69, 9.17) is 4.74 Å². The maximum Gasteiger partial charge on any atom is 0.306 e. The van der Waals surface area contributed by atoms with Gasteiger partial charge in [0.15, 0.2) is 0 Å². The Balaban J connectivity index is 2.23. The lowest BCUT2D eigenvalue weighted by atomic mass is 10.0. The number of fused-ring (bicyclic) bond motifs is 1. The summed E-state index contributed by atoms with van der Waals surface area (Å²) in [6.07, 6.45) is 1.39. The van der Waals surface area contributed by atoms with Crippen molar-refractivity contribution >= 4 is 17.5 Å². The lowest BCUT2D eigenvalue weighted by Crippen LogP contribution is -2.28. The van der Waals surface area contributed by atoms with Crippen LogP contribution in [0.25, 0.3) is 0 Å². The molecule has 1 aliphatic rings. The van der Waals surface area contributed by atoms with E-state index in [9.17, 15) is 14.4 Å². The topological polar surface area (TPSA) is 60.4 Å². The van der Waals surface area contributed by atoms with Crippen molar-refractivity contribution in [2.75, 3.05) is 0 Å². The molecule has 1 atom stereocenters. The van der Waals surface area contributed by atoms with Crippen molar-refractivity contribution < 1.29 is 19.1 Å². The molecule has 1 aromatic rings. The number of esters is 1. The first-order valence-corrected chi connectivity index (χ1v) is 6.99. The highest BCUT2D eigenvalue weighted by atomic mass is 16.5. The molecule has 0 saturated heterocycles. The Labute approximate surface area is 118 Å². The minimum absolute atomic E-state index is 0.217. The van der Waals surface area contributed by atoms with Crippen LogP contribution in [0, 0.1) is 0 Å². The molecule has 4 nitrogen and oxygen atoms in total. The van der Waals surface area contributed by atoms with Crippen LogP contribution < -0.4 is 0 Å². The van der Waals surface area contributed by atoms with E-state index in [0.717, 1.165) is 18.4 Å². The monoisotopic (exact) mass is 274 g/mol. The molecule has 0 saturated carbocycles. The van der Waals surface area contributed by atoms with E-state index in [1.807, 2.05) is 13.0 Å². The van der Waals surface area contributed by atoms with Crippen molar-refractivity contribution in [1.82, 2.24) is 0 Å². The van der Waals surface area contributed by atoms with Crippen LogP contribution in [0.4, 0.5) is 0 Å². The zero-order valence-corrected chi connectivity index (χ0v) is 11.8. The molecule has 0 aliphatic heterocycles. The fourth-order valence-corrected chi connectivity index (χ4v) is 2.36. The summed E-state index contributed by atoms with van der Waals surface area (Å²) >= 11 is 0. The molecule has 0 aromatic heterocycles. The van der Waals surface area contributed by atoms with Gasteiger partial charge in [-0.1, -0.05) is 32.4 Å². The first-order valence-electron chi connectivity index (χ1n) is 6.99. The summed E-state index contributed by atoms with van der Waals surface area (Å²) < 4.78 is 5.02. The van der Waals surface area contributed by atoms with Crippen LogP contribution in [0.2, 0.25) is 0 Å². The molecule has 0 radical (unpaired) electrons. The molecule has 20 heavy (non-hydrogen) atoms. The number of benzene rings is 1. The number of carbonyl (C=O) groups is 3. The fourth-order valence-electron chi connectivity index (χ4n) is 2.36. The van der Waals surface area contributed by atoms with Gasteiger partial charge in [-0.05, 0) is 24.5 Å². The van der Waals surface area contributed by atoms with Crippen LogP contribution >= 0.6 is 0 Å². The summed E-state index contributed by atoms with van der Waals surface area (Å²) in [7, 11) is 0. The van der Waals surface area contributed by atoms with Crippen LogP contribution in [-0.2, 0) is 16.0 Å². The van der Waals surface area contributed by atoms with Gasteiger partial charge in [0.05, 0.1) is 0 Å². The predicted molar refractivity (Wildman–Crippen MR) is 73.9 cm³/mol. The van der Waals surface area contributed by atoms with Gasteiger partial charge in [0, 0.05) is 17.5 Å². The van der Waals surface area contributed by atoms with Gasteiger partial charge in [0.25, 0.3) is 0 Å². The van der Waals surface area contributed by atoms with E-state index >= 15 is 0 Å². The zero-order chi connectivity index (χ0) is 14.7. The van der Waals surface area contributed by atoms with Crippen LogP contribution in [-0.4, -0.2) is 23.6 Å². The summed E-state index contributed by atoms with van der Waals surface area (Å²) in [5.74, 6) is -1.30. The first kappa shape index (κ1) is 14.4. The van der Waals surface area contributed by atoms with E-state index in [2.05, 4.69) is 6.92 Å². The molecule has 0 heterocycles. The van der Waals surface area contributed by atoms with Gasteiger partial charge in [-0.2, -0.15) is 0 Å². The molecule has 1 unspecified atom stereocenters. The van der Waals surface area contributed by atoms with Crippen molar-refractivity contribution in [2.24, 2.45) is 0 Å². The smallest absolute Gasteiger partial charge is 0.306 e. The van der Waals surface area contributed by atoms with Crippen molar-refractivity contribution in [3.05, 3.63) is 34.9 Å². The van der Waals surface area contributed by atoms with E-state index in [-0.39, 0.29) is 6.42 Å².